The van der Waals surface area contributed by atoms with E-state index in [1.807, 2.05) is 13.0 Å². The van der Waals surface area contributed by atoms with Crippen molar-refractivity contribution in [1.29, 1.82) is 0 Å². The highest BCUT2D eigenvalue weighted by molar-refractivity contribution is 7.89. The Bertz CT molecular complexity index is 1040. The number of halogens is 1. The second kappa shape index (κ2) is 9.24. The van der Waals surface area contributed by atoms with E-state index in [4.69, 9.17) is 21.1 Å². The molecule has 0 aromatic heterocycles. The molecule has 0 bridgehead atoms. The number of hydrogen-bond acceptors (Lipinski definition) is 5. The Balaban J connectivity index is 1.76. The summed E-state index contributed by atoms with van der Waals surface area (Å²) < 4.78 is 38.0. The largest absolute Gasteiger partial charge is 0.493 e. The van der Waals surface area contributed by atoms with Crippen LogP contribution in [-0.2, 0) is 14.8 Å². The zero-order chi connectivity index (χ0) is 21.9. The number of amides is 1. The topological polar surface area (TPSA) is 84.9 Å². The fraction of sp³-hybridized carbons (Fsp3) is 0.381. The normalized spacial score (nSPS) is 17.4. The van der Waals surface area contributed by atoms with E-state index in [0.717, 1.165) is 5.56 Å². The minimum Gasteiger partial charge on any atom is -0.493 e. The minimum absolute atomic E-state index is 0.103. The first kappa shape index (κ1) is 22.4. The van der Waals surface area contributed by atoms with Gasteiger partial charge in [-0.05, 0) is 49.6 Å². The molecule has 1 N–H and O–H groups in total. The Morgan fingerprint density at radius 1 is 1.13 bits per heavy atom. The zero-order valence-corrected chi connectivity index (χ0v) is 18.7. The highest BCUT2D eigenvalue weighted by atomic mass is 35.5. The van der Waals surface area contributed by atoms with Crippen LogP contribution in [0.15, 0.2) is 41.3 Å². The lowest BCUT2D eigenvalue weighted by Crippen LogP contribution is -2.43. The first-order valence-electron chi connectivity index (χ1n) is 9.55. The molecule has 2 aromatic carbocycles. The third-order valence-corrected chi connectivity index (χ3v) is 7.46. The van der Waals surface area contributed by atoms with Gasteiger partial charge in [-0.3, -0.25) is 4.79 Å². The molecule has 0 aliphatic carbocycles. The van der Waals surface area contributed by atoms with Crippen molar-refractivity contribution in [3.63, 3.8) is 0 Å². The lowest BCUT2D eigenvalue weighted by Gasteiger charge is -2.31. The van der Waals surface area contributed by atoms with Gasteiger partial charge in [0, 0.05) is 29.9 Å². The van der Waals surface area contributed by atoms with Crippen molar-refractivity contribution in [2.45, 2.75) is 24.7 Å². The van der Waals surface area contributed by atoms with E-state index in [1.165, 1.54) is 30.7 Å². The van der Waals surface area contributed by atoms with E-state index in [1.54, 1.807) is 18.2 Å². The maximum absolute atomic E-state index is 13.1. The third kappa shape index (κ3) is 4.71. The molecule has 0 unspecified atom stereocenters. The Morgan fingerprint density at radius 2 is 1.87 bits per heavy atom. The van der Waals surface area contributed by atoms with Gasteiger partial charge in [-0.15, -0.1) is 0 Å². The summed E-state index contributed by atoms with van der Waals surface area (Å²) in [4.78, 5) is 12.8. The highest BCUT2D eigenvalue weighted by Gasteiger charge is 2.33. The van der Waals surface area contributed by atoms with Crippen LogP contribution in [0.2, 0.25) is 5.02 Å². The van der Waals surface area contributed by atoms with Crippen molar-refractivity contribution in [2.24, 2.45) is 5.92 Å². The molecular weight excluding hydrogens is 428 g/mol. The van der Waals surface area contributed by atoms with Gasteiger partial charge in [0.2, 0.25) is 15.9 Å². The van der Waals surface area contributed by atoms with E-state index >= 15 is 0 Å². The van der Waals surface area contributed by atoms with Crippen molar-refractivity contribution in [1.82, 2.24) is 4.31 Å². The molecule has 1 heterocycles. The predicted molar refractivity (Wildman–Crippen MR) is 116 cm³/mol. The molecule has 2 aromatic rings. The van der Waals surface area contributed by atoms with Crippen LogP contribution in [0.5, 0.6) is 11.5 Å². The van der Waals surface area contributed by atoms with E-state index < -0.39 is 15.9 Å². The molecule has 0 spiro atoms. The molecule has 7 nitrogen and oxygen atoms in total. The molecular formula is C21H25ClN2O5S. The fourth-order valence-corrected chi connectivity index (χ4v) is 5.14. The van der Waals surface area contributed by atoms with Crippen molar-refractivity contribution in [2.75, 3.05) is 32.6 Å². The molecule has 1 saturated heterocycles. The first-order valence-corrected chi connectivity index (χ1v) is 11.4. The SMILES string of the molecule is COc1ccc(S(=O)(=O)N2CCC[C@@H](C(=O)Nc3ccc(C)c(Cl)c3)C2)cc1OC. The highest BCUT2D eigenvalue weighted by Crippen LogP contribution is 2.32. The zero-order valence-electron chi connectivity index (χ0n) is 17.1. The Kier molecular flexibility index (Phi) is 6.90. The number of nitrogens with zero attached hydrogens (tertiary/aromatic N) is 1. The van der Waals surface area contributed by atoms with Crippen LogP contribution in [0.25, 0.3) is 0 Å². The number of carbonyl (C=O) groups is 1. The summed E-state index contributed by atoms with van der Waals surface area (Å²) in [6.45, 7) is 2.35. The quantitative estimate of drug-likeness (QED) is 0.722. The van der Waals surface area contributed by atoms with Gasteiger partial charge in [0.05, 0.1) is 25.0 Å². The molecule has 1 fully saturated rings. The van der Waals surface area contributed by atoms with E-state index in [-0.39, 0.29) is 17.3 Å². The second-order valence-electron chi connectivity index (χ2n) is 7.17. The van der Waals surface area contributed by atoms with Gasteiger partial charge in [0.25, 0.3) is 0 Å². The summed E-state index contributed by atoms with van der Waals surface area (Å²) in [6, 6.07) is 9.77. The van der Waals surface area contributed by atoms with Crippen molar-refractivity contribution in [3.05, 3.63) is 47.0 Å². The van der Waals surface area contributed by atoms with Crippen molar-refractivity contribution >= 4 is 33.2 Å². The number of aryl methyl sites for hydroxylation is 1. The Morgan fingerprint density at radius 3 is 2.53 bits per heavy atom. The van der Waals surface area contributed by atoms with Crippen molar-refractivity contribution < 1.29 is 22.7 Å². The van der Waals surface area contributed by atoms with Gasteiger partial charge < -0.3 is 14.8 Å². The Labute approximate surface area is 182 Å². The summed E-state index contributed by atoms with van der Waals surface area (Å²) in [6.07, 6.45) is 1.21. The summed E-state index contributed by atoms with van der Waals surface area (Å²) >= 11 is 6.12. The molecule has 1 amide bonds. The number of nitrogens with one attached hydrogen (secondary N) is 1. The molecule has 9 heteroatoms. The number of sulfonamides is 1. The van der Waals surface area contributed by atoms with E-state index in [2.05, 4.69) is 5.32 Å². The number of anilines is 1. The average molecular weight is 453 g/mol. The van der Waals surface area contributed by atoms with Gasteiger partial charge in [0.15, 0.2) is 11.5 Å². The standard InChI is InChI=1S/C21H25ClN2O5S/c1-14-6-7-16(11-18(14)22)23-21(25)15-5-4-10-24(13-15)30(26,27)17-8-9-19(28-2)20(12-17)29-3/h6-9,11-12,15H,4-5,10,13H2,1-3H3,(H,23,25)/t15-/m1/s1. The predicted octanol–water partition coefficient (Wildman–Crippen LogP) is 3.71. The number of rotatable bonds is 6. The lowest BCUT2D eigenvalue weighted by molar-refractivity contribution is -0.120. The molecule has 0 radical (unpaired) electrons. The molecule has 1 aliphatic rings. The van der Waals surface area contributed by atoms with Crippen LogP contribution in [0.4, 0.5) is 5.69 Å². The number of benzene rings is 2. The smallest absolute Gasteiger partial charge is 0.243 e. The molecule has 30 heavy (non-hydrogen) atoms. The molecule has 0 saturated carbocycles. The van der Waals surface area contributed by atoms with Crippen LogP contribution in [0.1, 0.15) is 18.4 Å². The minimum atomic E-state index is -3.77. The number of piperidine rings is 1. The van der Waals surface area contributed by atoms with Gasteiger partial charge in [0.1, 0.15) is 0 Å². The number of methoxy groups -OCH3 is 2. The average Bonchev–Trinajstić information content (AvgIpc) is 2.75. The molecule has 1 atom stereocenters. The maximum atomic E-state index is 13.1. The monoisotopic (exact) mass is 452 g/mol. The van der Waals surface area contributed by atoms with E-state index in [9.17, 15) is 13.2 Å². The molecule has 3 rings (SSSR count). The third-order valence-electron chi connectivity index (χ3n) is 5.19. The van der Waals surface area contributed by atoms with E-state index in [0.29, 0.717) is 41.6 Å². The number of hydrogen-bond donors (Lipinski definition) is 1. The van der Waals surface area contributed by atoms with Gasteiger partial charge in [-0.1, -0.05) is 17.7 Å². The van der Waals surface area contributed by atoms with Gasteiger partial charge in [-0.2, -0.15) is 4.31 Å². The van der Waals surface area contributed by atoms with Gasteiger partial charge in [-0.25, -0.2) is 8.42 Å². The van der Waals surface area contributed by atoms with Gasteiger partial charge >= 0.3 is 0 Å². The summed E-state index contributed by atoms with van der Waals surface area (Å²) in [5.74, 6) is 0.112. The summed E-state index contributed by atoms with van der Waals surface area (Å²) in [7, 11) is -0.836. The maximum Gasteiger partial charge on any atom is 0.243 e. The van der Waals surface area contributed by atoms with Crippen molar-refractivity contribution in [3.8, 4) is 11.5 Å². The number of carbonyl (C=O) groups excluding carboxylic acids is 1. The van der Waals surface area contributed by atoms with Crippen LogP contribution >= 0.6 is 11.6 Å². The summed E-state index contributed by atoms with van der Waals surface area (Å²) in [5.41, 5.74) is 1.51. The first-order chi connectivity index (χ1) is 14.3. The second-order valence-corrected chi connectivity index (χ2v) is 9.52. The van der Waals surface area contributed by atoms with Crippen LogP contribution in [0, 0.1) is 12.8 Å². The molecule has 1 aliphatic heterocycles. The van der Waals surface area contributed by atoms with Crippen LogP contribution in [0.3, 0.4) is 0 Å². The Hall–Kier alpha value is -2.29. The summed E-state index contributed by atoms with van der Waals surface area (Å²) in [5, 5.41) is 3.41. The lowest BCUT2D eigenvalue weighted by atomic mass is 9.98. The molecule has 162 valence electrons. The fourth-order valence-electron chi connectivity index (χ4n) is 3.42. The van der Waals surface area contributed by atoms with Crippen LogP contribution < -0.4 is 14.8 Å². The number of ether oxygens (including phenoxy) is 2. The van der Waals surface area contributed by atoms with Crippen LogP contribution in [-0.4, -0.2) is 45.9 Å².